The van der Waals surface area contributed by atoms with Crippen molar-refractivity contribution in [3.05, 3.63) is 33.0 Å². The van der Waals surface area contributed by atoms with Gasteiger partial charge >= 0.3 is 5.97 Å². The highest BCUT2D eigenvalue weighted by molar-refractivity contribution is 9.10. The molecule has 0 unspecified atom stereocenters. The van der Waals surface area contributed by atoms with Crippen molar-refractivity contribution in [2.24, 2.45) is 11.8 Å². The van der Waals surface area contributed by atoms with Gasteiger partial charge in [0.1, 0.15) is 5.82 Å². The summed E-state index contributed by atoms with van der Waals surface area (Å²) in [5, 5.41) is 9.19. The van der Waals surface area contributed by atoms with Crippen molar-refractivity contribution >= 4 is 39.4 Å². The van der Waals surface area contributed by atoms with E-state index in [1.165, 1.54) is 11.0 Å². The molecule has 2 atom stereocenters. The SMILES string of the molecule is C[C@@H]1CN(C(=O)c2cc(Cl)cc(F)c2Br)C[C@H]1C(=O)O. The Kier molecular flexibility index (Phi) is 4.34. The fourth-order valence-electron chi connectivity index (χ4n) is 2.34. The number of rotatable bonds is 2. The average molecular weight is 365 g/mol. The van der Waals surface area contributed by atoms with Crippen LogP contribution in [0.4, 0.5) is 4.39 Å². The van der Waals surface area contributed by atoms with Crippen LogP contribution in [0.1, 0.15) is 17.3 Å². The molecule has 0 aliphatic carbocycles. The number of benzene rings is 1. The molecule has 20 heavy (non-hydrogen) atoms. The van der Waals surface area contributed by atoms with Gasteiger partial charge in [-0.3, -0.25) is 9.59 Å². The van der Waals surface area contributed by atoms with Gasteiger partial charge in [-0.1, -0.05) is 18.5 Å². The Morgan fingerprint density at radius 1 is 1.45 bits per heavy atom. The van der Waals surface area contributed by atoms with Crippen LogP contribution < -0.4 is 0 Å². The standard InChI is InChI=1S/C13H12BrClFNO3/c1-6-4-17(5-9(6)13(19)20)12(18)8-2-7(15)3-10(16)11(8)14/h2-3,6,9H,4-5H2,1H3,(H,19,20)/t6-,9-/m1/s1. The van der Waals surface area contributed by atoms with Crippen LogP contribution in [0.3, 0.4) is 0 Å². The Hall–Kier alpha value is -1.14. The molecule has 1 fully saturated rings. The van der Waals surface area contributed by atoms with Crippen molar-refractivity contribution in [3.8, 4) is 0 Å². The summed E-state index contributed by atoms with van der Waals surface area (Å²) < 4.78 is 13.6. The van der Waals surface area contributed by atoms with Crippen molar-refractivity contribution < 1.29 is 19.1 Å². The quantitative estimate of drug-likeness (QED) is 0.821. The van der Waals surface area contributed by atoms with Gasteiger partial charge < -0.3 is 10.0 Å². The molecular formula is C13H12BrClFNO3. The van der Waals surface area contributed by atoms with E-state index in [9.17, 15) is 14.0 Å². The van der Waals surface area contributed by atoms with Crippen LogP contribution in [0.5, 0.6) is 0 Å². The fourth-order valence-corrected chi connectivity index (χ4v) is 2.94. The number of amides is 1. The maximum Gasteiger partial charge on any atom is 0.308 e. The second kappa shape index (κ2) is 5.69. The molecule has 108 valence electrons. The molecule has 1 aliphatic rings. The van der Waals surface area contributed by atoms with E-state index >= 15 is 0 Å². The van der Waals surface area contributed by atoms with Gasteiger partial charge in [-0.25, -0.2) is 4.39 Å². The number of aliphatic carboxylic acids is 1. The number of likely N-dealkylation sites (tertiary alicyclic amines) is 1. The van der Waals surface area contributed by atoms with Crippen molar-refractivity contribution in [3.63, 3.8) is 0 Å². The number of nitrogens with zero attached hydrogens (tertiary/aromatic N) is 1. The Morgan fingerprint density at radius 3 is 2.65 bits per heavy atom. The molecule has 1 N–H and O–H groups in total. The maximum atomic E-state index is 13.6. The number of carboxylic acid groups (broad SMARTS) is 1. The molecule has 2 rings (SSSR count). The molecule has 1 aromatic carbocycles. The number of carboxylic acids is 1. The van der Waals surface area contributed by atoms with E-state index in [2.05, 4.69) is 15.9 Å². The molecule has 0 saturated carbocycles. The zero-order chi connectivity index (χ0) is 15.0. The van der Waals surface area contributed by atoms with Gasteiger partial charge in [0.25, 0.3) is 5.91 Å². The van der Waals surface area contributed by atoms with Crippen LogP contribution in [-0.4, -0.2) is 35.0 Å². The number of carbonyl (C=O) groups excluding carboxylic acids is 1. The minimum Gasteiger partial charge on any atom is -0.481 e. The minimum absolute atomic E-state index is 0.0401. The highest BCUT2D eigenvalue weighted by Crippen LogP contribution is 2.29. The van der Waals surface area contributed by atoms with Gasteiger partial charge in [-0.05, 0) is 34.0 Å². The predicted molar refractivity (Wildman–Crippen MR) is 75.3 cm³/mol. The van der Waals surface area contributed by atoms with E-state index in [1.807, 2.05) is 0 Å². The molecule has 0 bridgehead atoms. The maximum absolute atomic E-state index is 13.6. The first-order valence-corrected chi connectivity index (χ1v) is 7.15. The molecule has 1 aromatic rings. The summed E-state index contributed by atoms with van der Waals surface area (Å²) in [5.74, 6) is -2.71. The number of hydrogen-bond donors (Lipinski definition) is 1. The second-order valence-electron chi connectivity index (χ2n) is 4.88. The van der Waals surface area contributed by atoms with Crippen molar-refractivity contribution in [2.75, 3.05) is 13.1 Å². The van der Waals surface area contributed by atoms with E-state index in [4.69, 9.17) is 16.7 Å². The highest BCUT2D eigenvalue weighted by Gasteiger charge is 2.37. The van der Waals surface area contributed by atoms with Crippen LogP contribution in [0.15, 0.2) is 16.6 Å². The molecule has 1 heterocycles. The lowest BCUT2D eigenvalue weighted by molar-refractivity contribution is -0.142. The molecular weight excluding hydrogens is 353 g/mol. The van der Waals surface area contributed by atoms with Crippen LogP contribution in [0.25, 0.3) is 0 Å². The normalized spacial score (nSPS) is 22.1. The van der Waals surface area contributed by atoms with Gasteiger partial charge in [0.2, 0.25) is 0 Å². The third-order valence-electron chi connectivity index (χ3n) is 3.44. The zero-order valence-electron chi connectivity index (χ0n) is 10.6. The molecule has 4 nitrogen and oxygen atoms in total. The lowest BCUT2D eigenvalue weighted by Crippen LogP contribution is -2.30. The Labute approximate surface area is 128 Å². The third-order valence-corrected chi connectivity index (χ3v) is 4.46. The Morgan fingerprint density at radius 2 is 2.10 bits per heavy atom. The van der Waals surface area contributed by atoms with Gasteiger partial charge in [0, 0.05) is 18.1 Å². The Bertz CT molecular complexity index is 581. The second-order valence-corrected chi connectivity index (χ2v) is 6.11. The van der Waals surface area contributed by atoms with E-state index in [-0.39, 0.29) is 27.5 Å². The summed E-state index contributed by atoms with van der Waals surface area (Å²) in [5.41, 5.74) is 0.105. The number of carbonyl (C=O) groups is 2. The third kappa shape index (κ3) is 2.81. The van der Waals surface area contributed by atoms with Gasteiger partial charge in [-0.15, -0.1) is 0 Å². The van der Waals surface area contributed by atoms with Crippen LogP contribution in [0, 0.1) is 17.7 Å². The van der Waals surface area contributed by atoms with E-state index in [0.29, 0.717) is 6.54 Å². The molecule has 0 radical (unpaired) electrons. The summed E-state index contributed by atoms with van der Waals surface area (Å²) in [4.78, 5) is 24.8. The van der Waals surface area contributed by atoms with E-state index in [1.54, 1.807) is 6.92 Å². The lowest BCUT2D eigenvalue weighted by atomic mass is 9.99. The van der Waals surface area contributed by atoms with Crippen LogP contribution in [-0.2, 0) is 4.79 Å². The molecule has 0 spiro atoms. The number of hydrogen-bond acceptors (Lipinski definition) is 2. The molecule has 1 aliphatic heterocycles. The largest absolute Gasteiger partial charge is 0.481 e. The van der Waals surface area contributed by atoms with Gasteiger partial charge in [0.05, 0.1) is 16.0 Å². The van der Waals surface area contributed by atoms with E-state index < -0.39 is 23.6 Å². The van der Waals surface area contributed by atoms with Crippen LogP contribution >= 0.6 is 27.5 Å². The Balaban J connectivity index is 2.28. The minimum atomic E-state index is -0.927. The summed E-state index contributed by atoms with van der Waals surface area (Å²) in [6.07, 6.45) is 0. The fraction of sp³-hybridized carbons (Fsp3) is 0.385. The number of halogens is 3. The molecule has 0 aromatic heterocycles. The molecule has 7 heteroatoms. The topological polar surface area (TPSA) is 57.6 Å². The monoisotopic (exact) mass is 363 g/mol. The van der Waals surface area contributed by atoms with E-state index in [0.717, 1.165) is 6.07 Å². The average Bonchev–Trinajstić information content (AvgIpc) is 2.75. The lowest BCUT2D eigenvalue weighted by Gasteiger charge is -2.17. The first kappa shape index (κ1) is 15.3. The van der Waals surface area contributed by atoms with Crippen molar-refractivity contribution in [1.29, 1.82) is 0 Å². The first-order chi connectivity index (χ1) is 9.31. The molecule has 1 amide bonds. The van der Waals surface area contributed by atoms with Crippen molar-refractivity contribution in [1.82, 2.24) is 4.90 Å². The summed E-state index contributed by atoms with van der Waals surface area (Å²) in [6.45, 7) is 2.23. The first-order valence-electron chi connectivity index (χ1n) is 5.98. The summed E-state index contributed by atoms with van der Waals surface area (Å²) in [6, 6.07) is 2.48. The van der Waals surface area contributed by atoms with Crippen molar-refractivity contribution in [2.45, 2.75) is 6.92 Å². The highest BCUT2D eigenvalue weighted by atomic mass is 79.9. The van der Waals surface area contributed by atoms with Gasteiger partial charge in [-0.2, -0.15) is 0 Å². The summed E-state index contributed by atoms with van der Waals surface area (Å²) >= 11 is 8.78. The predicted octanol–water partition coefficient (Wildman–Crippen LogP) is 3.03. The van der Waals surface area contributed by atoms with Gasteiger partial charge in [0.15, 0.2) is 0 Å². The van der Waals surface area contributed by atoms with Crippen LogP contribution in [0.2, 0.25) is 5.02 Å². The zero-order valence-corrected chi connectivity index (χ0v) is 12.9. The molecule has 1 saturated heterocycles. The smallest absolute Gasteiger partial charge is 0.308 e. The summed E-state index contributed by atoms with van der Waals surface area (Å²) in [7, 11) is 0.